The van der Waals surface area contributed by atoms with Gasteiger partial charge >= 0.3 is 24.7 Å². The normalized spacial score (nSPS) is 12.6. The van der Waals surface area contributed by atoms with E-state index < -0.39 is 47.0 Å². The van der Waals surface area contributed by atoms with E-state index in [2.05, 4.69) is 0 Å². The third kappa shape index (κ3) is 8.29. The molecule has 0 aliphatic carbocycles. The van der Waals surface area contributed by atoms with Crippen LogP contribution >= 0.6 is 0 Å². The van der Waals surface area contributed by atoms with Crippen LogP contribution in [0.2, 0.25) is 0 Å². The molecular weight excluding hydrogens is 871 g/mol. The molecule has 0 atom stereocenters. The van der Waals surface area contributed by atoms with Crippen molar-refractivity contribution in [1.82, 2.24) is 14.5 Å². The quantitative estimate of drug-likeness (QED) is 0.156. The zero-order valence-corrected chi connectivity index (χ0v) is 33.0. The van der Waals surface area contributed by atoms with Crippen LogP contribution in [0.3, 0.4) is 0 Å². The van der Waals surface area contributed by atoms with Crippen molar-refractivity contribution in [3.05, 3.63) is 186 Å². The Hall–Kier alpha value is -7.42. The monoisotopic (exact) mass is 897 g/mol. The highest BCUT2D eigenvalue weighted by Crippen LogP contribution is 2.47. The fraction of sp³-hybridized carbons (Fsp3) is 0.0800. The standard InChI is InChI=1S/C50H27F12N3/c51-47(52,53)33-15-11-28(12-16-33)37-23-32(46-63-41(30-7-3-1-4-8-30)27-42(64-46)31-9-5-2-6-10-31)24-38(29-13-17-34(18-14-29)48(54,55)56)45(37)65-43-21-19-35(49(57,58)59)25-39(43)40-26-36(50(60,61)62)20-22-44(40)65/h1-27H. The van der Waals surface area contributed by atoms with Crippen molar-refractivity contribution in [2.24, 2.45) is 0 Å². The van der Waals surface area contributed by atoms with Crippen molar-refractivity contribution in [1.29, 1.82) is 0 Å². The fourth-order valence-corrected chi connectivity index (χ4v) is 7.83. The molecule has 3 nitrogen and oxygen atoms in total. The van der Waals surface area contributed by atoms with Crippen LogP contribution in [0.4, 0.5) is 52.7 Å². The fourth-order valence-electron chi connectivity index (χ4n) is 7.83. The van der Waals surface area contributed by atoms with E-state index in [0.717, 1.165) is 72.8 Å². The third-order valence-corrected chi connectivity index (χ3v) is 10.9. The second kappa shape index (κ2) is 15.7. The topological polar surface area (TPSA) is 30.7 Å². The lowest BCUT2D eigenvalue weighted by Crippen LogP contribution is -2.07. The second-order valence-electron chi connectivity index (χ2n) is 15.1. The number of hydrogen-bond donors (Lipinski definition) is 0. The molecule has 0 aliphatic rings. The summed E-state index contributed by atoms with van der Waals surface area (Å²) in [7, 11) is 0. The van der Waals surface area contributed by atoms with Crippen LogP contribution in [0.5, 0.6) is 0 Å². The molecule has 0 saturated heterocycles. The Morgan fingerprint density at radius 2 is 0.677 bits per heavy atom. The summed E-state index contributed by atoms with van der Waals surface area (Å²) in [5.41, 5.74) is -1.64. The molecule has 0 saturated carbocycles. The van der Waals surface area contributed by atoms with Crippen molar-refractivity contribution in [3.63, 3.8) is 0 Å². The Labute approximate surface area is 360 Å². The minimum atomic E-state index is -4.92. The molecule has 0 unspecified atom stereocenters. The molecule has 0 radical (unpaired) electrons. The van der Waals surface area contributed by atoms with Gasteiger partial charge in [-0.15, -0.1) is 0 Å². The minimum absolute atomic E-state index is 0.00952. The molecule has 9 rings (SSSR count). The van der Waals surface area contributed by atoms with Gasteiger partial charge in [-0.1, -0.05) is 84.9 Å². The van der Waals surface area contributed by atoms with Gasteiger partial charge in [0.15, 0.2) is 5.82 Å². The number of halogens is 12. The van der Waals surface area contributed by atoms with Crippen LogP contribution in [-0.2, 0) is 24.7 Å². The zero-order chi connectivity index (χ0) is 46.1. The van der Waals surface area contributed by atoms with Gasteiger partial charge in [-0.25, -0.2) is 9.97 Å². The van der Waals surface area contributed by atoms with Gasteiger partial charge < -0.3 is 4.57 Å². The molecule has 0 amide bonds. The molecule has 0 N–H and O–H groups in total. The Kier molecular flexibility index (Phi) is 10.3. The second-order valence-corrected chi connectivity index (χ2v) is 15.1. The van der Waals surface area contributed by atoms with Crippen LogP contribution in [-0.4, -0.2) is 14.5 Å². The van der Waals surface area contributed by atoms with E-state index in [9.17, 15) is 52.7 Å². The Morgan fingerprint density at radius 1 is 0.323 bits per heavy atom. The molecule has 7 aromatic carbocycles. The summed E-state index contributed by atoms with van der Waals surface area (Å²) >= 11 is 0. The molecule has 0 fully saturated rings. The van der Waals surface area contributed by atoms with Gasteiger partial charge in [-0.05, 0) is 90.0 Å². The van der Waals surface area contributed by atoms with Crippen LogP contribution in [0.1, 0.15) is 22.3 Å². The van der Waals surface area contributed by atoms with Gasteiger partial charge in [-0.3, -0.25) is 0 Å². The molecule has 9 aromatic rings. The average molecular weight is 898 g/mol. The molecular formula is C50H27F12N3. The molecule has 326 valence electrons. The smallest absolute Gasteiger partial charge is 0.308 e. The highest BCUT2D eigenvalue weighted by molar-refractivity contribution is 6.11. The number of aromatic nitrogens is 3. The van der Waals surface area contributed by atoms with Crippen LogP contribution < -0.4 is 0 Å². The number of alkyl halides is 12. The Balaban J connectivity index is 1.44. The number of rotatable bonds is 6. The molecule has 0 aliphatic heterocycles. The van der Waals surface area contributed by atoms with Gasteiger partial charge in [0.05, 0.1) is 50.4 Å². The first-order valence-corrected chi connectivity index (χ1v) is 19.5. The van der Waals surface area contributed by atoms with Crippen LogP contribution in [0.15, 0.2) is 164 Å². The maximum absolute atomic E-state index is 14.2. The van der Waals surface area contributed by atoms with Gasteiger partial charge in [0.1, 0.15) is 0 Å². The van der Waals surface area contributed by atoms with Gasteiger partial charge in [0.2, 0.25) is 0 Å². The first-order valence-electron chi connectivity index (χ1n) is 19.5. The van der Waals surface area contributed by atoms with E-state index in [1.165, 1.54) is 16.7 Å². The largest absolute Gasteiger partial charge is 0.416 e. The van der Waals surface area contributed by atoms with E-state index in [0.29, 0.717) is 34.6 Å². The molecule has 0 spiro atoms. The predicted octanol–water partition coefficient (Wildman–Crippen LogP) is 16.0. The summed E-state index contributed by atoms with van der Waals surface area (Å²) < 4.78 is 171. The minimum Gasteiger partial charge on any atom is -0.308 e. The summed E-state index contributed by atoms with van der Waals surface area (Å²) in [5.74, 6) is 0.0740. The molecule has 65 heavy (non-hydrogen) atoms. The summed E-state index contributed by atoms with van der Waals surface area (Å²) in [6.07, 6.45) is -19.4. The lowest BCUT2D eigenvalue weighted by Gasteiger charge is -2.22. The van der Waals surface area contributed by atoms with Crippen molar-refractivity contribution in [2.75, 3.05) is 0 Å². The molecule has 15 heteroatoms. The SMILES string of the molecule is FC(F)(F)c1ccc(-c2cc(-c3nc(-c4ccccc4)cc(-c4ccccc4)n3)cc(-c3ccc(C(F)(F)F)cc3)c2-n2c3ccc(C(F)(F)F)cc3c3cc(C(F)(F)F)ccc32)cc1. The van der Waals surface area contributed by atoms with Gasteiger partial charge in [-0.2, -0.15) is 52.7 Å². The Bertz CT molecular complexity index is 3010. The van der Waals surface area contributed by atoms with E-state index in [1.807, 2.05) is 24.3 Å². The zero-order valence-electron chi connectivity index (χ0n) is 33.0. The van der Waals surface area contributed by atoms with Crippen LogP contribution in [0.25, 0.3) is 83.6 Å². The van der Waals surface area contributed by atoms with Crippen molar-refractivity contribution in [2.45, 2.75) is 24.7 Å². The summed E-state index contributed by atoms with van der Waals surface area (Å²) in [4.78, 5) is 9.78. The third-order valence-electron chi connectivity index (χ3n) is 10.9. The first-order chi connectivity index (χ1) is 30.7. The molecule has 2 heterocycles. The Morgan fingerprint density at radius 3 is 1.03 bits per heavy atom. The van der Waals surface area contributed by atoms with Crippen LogP contribution in [0, 0.1) is 0 Å². The van der Waals surface area contributed by atoms with Gasteiger partial charge in [0, 0.05) is 38.6 Å². The number of nitrogens with zero attached hydrogens (tertiary/aromatic N) is 3. The summed E-state index contributed by atoms with van der Waals surface area (Å²) in [5, 5.41) is -0.513. The number of benzene rings is 7. The average Bonchev–Trinajstić information content (AvgIpc) is 3.61. The number of hydrogen-bond acceptors (Lipinski definition) is 2. The first kappa shape index (κ1) is 42.9. The van der Waals surface area contributed by atoms with Crippen molar-refractivity contribution in [3.8, 4) is 61.8 Å². The lowest BCUT2D eigenvalue weighted by atomic mass is 9.91. The lowest BCUT2D eigenvalue weighted by molar-refractivity contribution is -0.138. The summed E-state index contributed by atoms with van der Waals surface area (Å²) in [6, 6.07) is 35.6. The molecule has 0 bridgehead atoms. The highest BCUT2D eigenvalue weighted by atomic mass is 19.4. The highest BCUT2D eigenvalue weighted by Gasteiger charge is 2.35. The van der Waals surface area contributed by atoms with Gasteiger partial charge in [0.25, 0.3) is 0 Å². The van der Waals surface area contributed by atoms with E-state index in [1.54, 1.807) is 42.5 Å². The summed E-state index contributed by atoms with van der Waals surface area (Å²) in [6.45, 7) is 0. The van der Waals surface area contributed by atoms with Crippen molar-refractivity contribution >= 4 is 21.8 Å². The maximum atomic E-state index is 14.2. The van der Waals surface area contributed by atoms with E-state index in [4.69, 9.17) is 9.97 Å². The van der Waals surface area contributed by atoms with E-state index in [-0.39, 0.29) is 61.1 Å². The maximum Gasteiger partial charge on any atom is 0.416 e. The van der Waals surface area contributed by atoms with Crippen molar-refractivity contribution < 1.29 is 52.7 Å². The van der Waals surface area contributed by atoms with E-state index >= 15 is 0 Å². The predicted molar refractivity (Wildman–Crippen MR) is 224 cm³/mol. The number of fused-ring (bicyclic) bond motifs is 3. The molecule has 2 aromatic heterocycles.